The largest absolute Gasteiger partial charge is 0.416 e. The molecule has 1 aromatic heterocycles. The monoisotopic (exact) mass is 327 g/mol. The molecule has 1 N–H and O–H groups in total. The number of aromatic nitrogens is 1. The second kappa shape index (κ2) is 6.27. The van der Waals surface area contributed by atoms with Gasteiger partial charge in [0.15, 0.2) is 0 Å². The fraction of sp³-hybridized carbons (Fsp3) is 0.214. The van der Waals surface area contributed by atoms with E-state index in [0.717, 1.165) is 12.1 Å². The average molecular weight is 327 g/mol. The number of rotatable bonds is 3. The zero-order chi connectivity index (χ0) is 16.3. The standard InChI is InChI=1S/C14H12F3N3OS/c1-8(10-4-3-5-11(6-10)14(15,16)17)19-20-13(21)12-9(2)18-7-22-12/h3-7H,1-2H3,(H,20,21)/b19-8+. The molecule has 0 radical (unpaired) electrons. The Bertz CT molecular complexity index is 722. The van der Waals surface area contributed by atoms with Crippen LogP contribution < -0.4 is 5.43 Å². The number of nitrogens with zero attached hydrogens (tertiary/aromatic N) is 2. The van der Waals surface area contributed by atoms with Crippen LogP contribution in [0.25, 0.3) is 0 Å². The molecule has 1 amide bonds. The highest BCUT2D eigenvalue weighted by Gasteiger charge is 2.30. The topological polar surface area (TPSA) is 54.4 Å². The quantitative estimate of drug-likeness (QED) is 0.691. The molecular formula is C14H12F3N3OS. The van der Waals surface area contributed by atoms with Gasteiger partial charge in [-0.15, -0.1) is 11.3 Å². The fourth-order valence-corrected chi connectivity index (χ4v) is 2.38. The van der Waals surface area contributed by atoms with Crippen LogP contribution in [0.3, 0.4) is 0 Å². The van der Waals surface area contributed by atoms with Crippen LogP contribution >= 0.6 is 11.3 Å². The molecule has 0 aliphatic heterocycles. The second-order valence-corrected chi connectivity index (χ2v) is 5.34. The van der Waals surface area contributed by atoms with Crippen molar-refractivity contribution in [2.45, 2.75) is 20.0 Å². The number of nitrogens with one attached hydrogen (secondary N) is 1. The Hall–Kier alpha value is -2.22. The van der Waals surface area contributed by atoms with Crippen molar-refractivity contribution < 1.29 is 18.0 Å². The van der Waals surface area contributed by atoms with Gasteiger partial charge in [-0.1, -0.05) is 12.1 Å². The van der Waals surface area contributed by atoms with Gasteiger partial charge in [0.1, 0.15) is 4.88 Å². The maximum Gasteiger partial charge on any atom is 0.416 e. The summed E-state index contributed by atoms with van der Waals surface area (Å²) < 4.78 is 38.0. The number of thiazole rings is 1. The Morgan fingerprint density at radius 3 is 2.68 bits per heavy atom. The number of amides is 1. The number of carbonyl (C=O) groups excluding carboxylic acids is 1. The molecule has 0 spiro atoms. The Labute approximate surface area is 128 Å². The van der Waals surface area contributed by atoms with Crippen LogP contribution in [0.5, 0.6) is 0 Å². The van der Waals surface area contributed by atoms with Gasteiger partial charge in [-0.05, 0) is 31.5 Å². The van der Waals surface area contributed by atoms with Gasteiger partial charge in [0.05, 0.1) is 22.5 Å². The van der Waals surface area contributed by atoms with Crippen LogP contribution in [0.4, 0.5) is 13.2 Å². The first-order valence-electron chi connectivity index (χ1n) is 6.21. The summed E-state index contributed by atoms with van der Waals surface area (Å²) in [4.78, 5) is 16.2. The maximum atomic E-state index is 12.7. The van der Waals surface area contributed by atoms with Gasteiger partial charge >= 0.3 is 6.18 Å². The van der Waals surface area contributed by atoms with Crippen LogP contribution in [0.2, 0.25) is 0 Å². The minimum atomic E-state index is -4.42. The summed E-state index contributed by atoms with van der Waals surface area (Å²) in [6.45, 7) is 3.21. The molecule has 8 heteroatoms. The van der Waals surface area contributed by atoms with Gasteiger partial charge in [0.25, 0.3) is 5.91 Å². The summed E-state index contributed by atoms with van der Waals surface area (Å²) in [6, 6.07) is 4.77. The van der Waals surface area contributed by atoms with E-state index >= 15 is 0 Å². The molecule has 0 saturated heterocycles. The zero-order valence-corrected chi connectivity index (χ0v) is 12.5. The van der Waals surface area contributed by atoms with Crippen molar-refractivity contribution in [2.24, 2.45) is 5.10 Å². The highest BCUT2D eigenvalue weighted by atomic mass is 32.1. The van der Waals surface area contributed by atoms with Gasteiger partial charge in [-0.3, -0.25) is 4.79 Å². The number of hydrazone groups is 1. The second-order valence-electron chi connectivity index (χ2n) is 4.48. The number of benzene rings is 1. The number of hydrogen-bond donors (Lipinski definition) is 1. The third-order valence-electron chi connectivity index (χ3n) is 2.88. The van der Waals surface area contributed by atoms with E-state index < -0.39 is 17.6 Å². The third kappa shape index (κ3) is 3.70. The summed E-state index contributed by atoms with van der Waals surface area (Å²) >= 11 is 1.17. The molecule has 0 saturated carbocycles. The molecule has 0 bridgehead atoms. The van der Waals surface area contributed by atoms with Crippen molar-refractivity contribution in [2.75, 3.05) is 0 Å². The van der Waals surface area contributed by atoms with E-state index in [0.29, 0.717) is 10.6 Å². The Morgan fingerprint density at radius 1 is 1.36 bits per heavy atom. The van der Waals surface area contributed by atoms with E-state index in [-0.39, 0.29) is 11.3 Å². The molecule has 2 aromatic rings. The van der Waals surface area contributed by atoms with Gasteiger partial charge in [-0.2, -0.15) is 18.3 Å². The minimum Gasteiger partial charge on any atom is -0.266 e. The van der Waals surface area contributed by atoms with Gasteiger partial charge in [-0.25, -0.2) is 10.4 Å². The van der Waals surface area contributed by atoms with E-state index in [1.165, 1.54) is 35.9 Å². The average Bonchev–Trinajstić information content (AvgIpc) is 2.90. The van der Waals surface area contributed by atoms with Crippen molar-refractivity contribution in [3.05, 3.63) is 51.5 Å². The number of hydrogen-bond acceptors (Lipinski definition) is 4. The van der Waals surface area contributed by atoms with E-state index in [2.05, 4.69) is 15.5 Å². The predicted octanol–water partition coefficient (Wildman–Crippen LogP) is 3.62. The number of aryl methyl sites for hydroxylation is 1. The summed E-state index contributed by atoms with van der Waals surface area (Å²) in [5.41, 5.74) is 4.24. The molecule has 116 valence electrons. The van der Waals surface area contributed by atoms with Crippen molar-refractivity contribution in [3.63, 3.8) is 0 Å². The lowest BCUT2D eigenvalue weighted by molar-refractivity contribution is -0.137. The van der Waals surface area contributed by atoms with Crippen LogP contribution in [-0.2, 0) is 6.18 Å². The van der Waals surface area contributed by atoms with E-state index in [1.807, 2.05) is 0 Å². The molecule has 22 heavy (non-hydrogen) atoms. The molecule has 0 unspecified atom stereocenters. The Morgan fingerprint density at radius 2 is 2.09 bits per heavy atom. The Balaban J connectivity index is 2.16. The SMILES string of the molecule is C/C(=N\NC(=O)c1scnc1C)c1cccc(C(F)(F)F)c1. The van der Waals surface area contributed by atoms with Gasteiger partial charge in [0.2, 0.25) is 0 Å². The summed E-state index contributed by atoms with van der Waals surface area (Å²) in [5, 5.41) is 3.84. The Kier molecular flexibility index (Phi) is 4.60. The summed E-state index contributed by atoms with van der Waals surface area (Å²) in [6.07, 6.45) is -4.42. The number of halogens is 3. The minimum absolute atomic E-state index is 0.279. The van der Waals surface area contributed by atoms with E-state index in [9.17, 15) is 18.0 Å². The molecule has 4 nitrogen and oxygen atoms in total. The normalized spacial score (nSPS) is 12.3. The van der Waals surface area contributed by atoms with Crippen molar-refractivity contribution in [3.8, 4) is 0 Å². The first kappa shape index (κ1) is 16.2. The molecular weight excluding hydrogens is 315 g/mol. The fourth-order valence-electron chi connectivity index (χ4n) is 1.69. The zero-order valence-electron chi connectivity index (χ0n) is 11.7. The lowest BCUT2D eigenvalue weighted by Crippen LogP contribution is -2.19. The van der Waals surface area contributed by atoms with E-state index in [1.54, 1.807) is 6.92 Å². The highest BCUT2D eigenvalue weighted by molar-refractivity contribution is 7.11. The predicted molar refractivity (Wildman–Crippen MR) is 78.0 cm³/mol. The first-order chi connectivity index (χ1) is 10.3. The van der Waals surface area contributed by atoms with Gasteiger partial charge in [0, 0.05) is 0 Å². The van der Waals surface area contributed by atoms with Crippen LogP contribution in [-0.4, -0.2) is 16.6 Å². The maximum absolute atomic E-state index is 12.7. The summed E-state index contributed by atoms with van der Waals surface area (Å²) in [5.74, 6) is -0.439. The van der Waals surface area contributed by atoms with Crippen LogP contribution in [0, 0.1) is 6.92 Å². The molecule has 0 aliphatic carbocycles. The summed E-state index contributed by atoms with van der Waals surface area (Å²) in [7, 11) is 0. The van der Waals surface area contributed by atoms with Crippen LogP contribution in [0.15, 0.2) is 34.9 Å². The lowest BCUT2D eigenvalue weighted by Gasteiger charge is -2.08. The molecule has 1 heterocycles. The van der Waals surface area contributed by atoms with Crippen molar-refractivity contribution in [1.29, 1.82) is 0 Å². The number of carbonyl (C=O) groups is 1. The third-order valence-corrected chi connectivity index (χ3v) is 3.81. The molecule has 0 atom stereocenters. The van der Waals surface area contributed by atoms with Crippen molar-refractivity contribution >= 4 is 23.0 Å². The molecule has 1 aromatic carbocycles. The molecule has 0 fully saturated rings. The molecule has 2 rings (SSSR count). The van der Waals surface area contributed by atoms with Gasteiger partial charge < -0.3 is 0 Å². The number of alkyl halides is 3. The van der Waals surface area contributed by atoms with Crippen LogP contribution in [0.1, 0.15) is 33.4 Å². The highest BCUT2D eigenvalue weighted by Crippen LogP contribution is 2.29. The van der Waals surface area contributed by atoms with E-state index in [4.69, 9.17) is 0 Å². The lowest BCUT2D eigenvalue weighted by atomic mass is 10.1. The van der Waals surface area contributed by atoms with Crippen molar-refractivity contribution in [1.82, 2.24) is 10.4 Å². The molecule has 0 aliphatic rings. The first-order valence-corrected chi connectivity index (χ1v) is 7.09. The smallest absolute Gasteiger partial charge is 0.266 e.